The summed E-state index contributed by atoms with van der Waals surface area (Å²) in [6, 6.07) is 19.2. The first-order valence-electron chi connectivity index (χ1n) is 14.0. The van der Waals surface area contributed by atoms with Gasteiger partial charge in [-0.25, -0.2) is 4.57 Å². The molecule has 3 aromatic heterocycles. The van der Waals surface area contributed by atoms with Crippen LogP contribution in [0.15, 0.2) is 54.7 Å². The van der Waals surface area contributed by atoms with Crippen LogP contribution in [0.5, 0.6) is 0 Å². The Morgan fingerprint density at radius 1 is 0.778 bits per heavy atom. The number of aryl methyl sites for hydroxylation is 3. The molecule has 36 heavy (non-hydrogen) atoms. The van der Waals surface area contributed by atoms with Crippen molar-refractivity contribution in [2.75, 3.05) is 0 Å². The lowest BCUT2D eigenvalue weighted by molar-refractivity contribution is -0.643. The molecule has 0 radical (unpaired) electrons. The Balaban J connectivity index is 1.52. The Hall–Kier alpha value is -3.13. The number of pyridine rings is 2. The molecule has 2 nitrogen and oxygen atoms in total. The van der Waals surface area contributed by atoms with E-state index in [0.29, 0.717) is 5.41 Å². The zero-order valence-corrected chi connectivity index (χ0v) is 21.6. The van der Waals surface area contributed by atoms with Crippen LogP contribution >= 0.6 is 0 Å². The van der Waals surface area contributed by atoms with Gasteiger partial charge in [-0.3, -0.25) is 0 Å². The molecule has 0 unspecified atom stereocenters. The molecule has 0 spiro atoms. The van der Waals surface area contributed by atoms with Crippen LogP contribution in [0.3, 0.4) is 0 Å². The molecule has 6 aromatic rings. The Morgan fingerprint density at radius 3 is 2.25 bits per heavy atom. The Kier molecular flexibility index (Phi) is 3.56. The number of aromatic nitrogens is 2. The van der Waals surface area contributed by atoms with Crippen molar-refractivity contribution < 1.29 is 4.57 Å². The van der Waals surface area contributed by atoms with Crippen LogP contribution in [0.1, 0.15) is 55.2 Å². The zero-order valence-electron chi connectivity index (χ0n) is 21.6. The Labute approximate surface area is 211 Å². The number of hydrogen-bond donors (Lipinski definition) is 0. The van der Waals surface area contributed by atoms with Crippen LogP contribution < -0.4 is 4.57 Å². The fourth-order valence-electron chi connectivity index (χ4n) is 9.70. The third-order valence-electron chi connectivity index (χ3n) is 10.7. The predicted molar refractivity (Wildman–Crippen MR) is 149 cm³/mol. The second-order valence-corrected chi connectivity index (χ2v) is 12.9. The monoisotopic (exact) mass is 469 g/mol. The van der Waals surface area contributed by atoms with Crippen molar-refractivity contribution in [3.63, 3.8) is 0 Å². The number of rotatable bonds is 1. The summed E-state index contributed by atoms with van der Waals surface area (Å²) in [6.45, 7) is 4.58. The molecule has 4 saturated carbocycles. The maximum atomic E-state index is 2.65. The molecule has 3 heterocycles. The van der Waals surface area contributed by atoms with E-state index < -0.39 is 0 Å². The molecule has 0 amide bonds. The standard InChI is InChI=1S/C34H33N2/c1-19-7-8-27-26-6-4-5-20(2)31(26)36-28-15-25(34-16-21-11-22(17-34)13-23(12-21)18-34)14-24-9-10-35(3)33(30(24)28)29(19)32(27)36/h4-10,14-15,21-23H,11-13,16-18H2,1-3H3/q+1. The summed E-state index contributed by atoms with van der Waals surface area (Å²) in [5, 5.41) is 7.03. The fraction of sp³-hybridized carbons (Fsp3) is 0.382. The molecule has 10 rings (SSSR count). The van der Waals surface area contributed by atoms with Gasteiger partial charge in [0.05, 0.1) is 27.3 Å². The first-order chi connectivity index (χ1) is 17.5. The van der Waals surface area contributed by atoms with E-state index in [-0.39, 0.29) is 0 Å². The maximum Gasteiger partial charge on any atom is 0.224 e. The molecule has 0 saturated heterocycles. The molecule has 178 valence electrons. The highest BCUT2D eigenvalue weighted by atomic mass is 15.0. The van der Waals surface area contributed by atoms with Gasteiger partial charge in [0.2, 0.25) is 5.52 Å². The molecule has 4 bridgehead atoms. The number of nitrogens with zero attached hydrogens (tertiary/aromatic N) is 2. The zero-order chi connectivity index (χ0) is 23.9. The summed E-state index contributed by atoms with van der Waals surface area (Å²) in [4.78, 5) is 0. The van der Waals surface area contributed by atoms with Gasteiger partial charge in [-0.15, -0.1) is 0 Å². The first-order valence-corrected chi connectivity index (χ1v) is 14.0. The van der Waals surface area contributed by atoms with Crippen molar-refractivity contribution in [1.82, 2.24) is 4.40 Å². The van der Waals surface area contributed by atoms with Crippen molar-refractivity contribution >= 4 is 49.0 Å². The molecule has 2 heteroatoms. The van der Waals surface area contributed by atoms with Crippen molar-refractivity contribution in [3.05, 3.63) is 71.4 Å². The van der Waals surface area contributed by atoms with Crippen molar-refractivity contribution in [3.8, 4) is 0 Å². The van der Waals surface area contributed by atoms with E-state index in [1.807, 2.05) is 0 Å². The maximum absolute atomic E-state index is 2.65. The SMILES string of the molecule is Cc1ccc2c3cccc(C)c3n3c4cc(C56CC7CC(CC(C7)C5)C6)cc5cc[n+](C)c(c1c23)c54. The molecule has 4 fully saturated rings. The van der Waals surface area contributed by atoms with Crippen LogP contribution in [-0.2, 0) is 12.5 Å². The van der Waals surface area contributed by atoms with Gasteiger partial charge in [-0.05, 0) is 110 Å². The van der Waals surface area contributed by atoms with E-state index >= 15 is 0 Å². The first kappa shape index (κ1) is 20.0. The minimum atomic E-state index is 0.391. The van der Waals surface area contributed by atoms with E-state index in [4.69, 9.17) is 0 Å². The number of benzene rings is 3. The van der Waals surface area contributed by atoms with E-state index in [9.17, 15) is 0 Å². The normalized spacial score (nSPS) is 27.6. The van der Waals surface area contributed by atoms with Crippen LogP contribution in [0.2, 0.25) is 0 Å². The highest BCUT2D eigenvalue weighted by Crippen LogP contribution is 2.61. The van der Waals surface area contributed by atoms with E-state index in [1.165, 1.54) is 98.6 Å². The number of fused-ring (bicyclic) bond motifs is 5. The quantitative estimate of drug-likeness (QED) is 0.131. The largest absolute Gasteiger partial charge is 0.307 e. The second kappa shape index (κ2) is 6.40. The van der Waals surface area contributed by atoms with Gasteiger partial charge in [-0.1, -0.05) is 30.3 Å². The van der Waals surface area contributed by atoms with Crippen LogP contribution in [-0.4, -0.2) is 4.40 Å². The minimum Gasteiger partial charge on any atom is -0.307 e. The molecule has 0 N–H and O–H groups in total. The van der Waals surface area contributed by atoms with Gasteiger partial charge in [0.25, 0.3) is 0 Å². The van der Waals surface area contributed by atoms with E-state index in [2.05, 4.69) is 84.6 Å². The van der Waals surface area contributed by atoms with Crippen molar-refractivity contribution in [2.24, 2.45) is 24.8 Å². The molecule has 4 aliphatic rings. The third-order valence-corrected chi connectivity index (χ3v) is 10.7. The highest BCUT2D eigenvalue weighted by molar-refractivity contribution is 6.26. The highest BCUT2D eigenvalue weighted by Gasteiger charge is 2.51. The molecular formula is C34H33N2+. The minimum absolute atomic E-state index is 0.391. The van der Waals surface area contributed by atoms with Gasteiger partial charge in [0.1, 0.15) is 7.05 Å². The van der Waals surface area contributed by atoms with E-state index in [1.54, 1.807) is 5.56 Å². The Morgan fingerprint density at radius 2 is 1.50 bits per heavy atom. The summed E-state index contributed by atoms with van der Waals surface area (Å²) >= 11 is 0. The number of para-hydroxylation sites is 1. The summed E-state index contributed by atoms with van der Waals surface area (Å²) in [6.07, 6.45) is 11.0. The second-order valence-electron chi connectivity index (χ2n) is 12.9. The lowest BCUT2D eigenvalue weighted by atomic mass is 9.48. The lowest BCUT2D eigenvalue weighted by Gasteiger charge is -2.57. The lowest BCUT2D eigenvalue weighted by Crippen LogP contribution is -2.48. The summed E-state index contributed by atoms with van der Waals surface area (Å²) < 4.78 is 5.02. The molecule has 3 aromatic carbocycles. The van der Waals surface area contributed by atoms with Gasteiger partial charge >= 0.3 is 0 Å². The smallest absolute Gasteiger partial charge is 0.224 e. The van der Waals surface area contributed by atoms with Crippen molar-refractivity contribution in [1.29, 1.82) is 0 Å². The van der Waals surface area contributed by atoms with Crippen LogP contribution in [0, 0.1) is 31.6 Å². The van der Waals surface area contributed by atoms with Crippen LogP contribution in [0.4, 0.5) is 0 Å². The summed E-state index contributed by atoms with van der Waals surface area (Å²) in [5.74, 6) is 2.87. The van der Waals surface area contributed by atoms with E-state index in [0.717, 1.165) is 17.8 Å². The van der Waals surface area contributed by atoms with Gasteiger partial charge in [0, 0.05) is 16.8 Å². The summed E-state index contributed by atoms with van der Waals surface area (Å²) in [7, 11) is 2.23. The average Bonchev–Trinajstić information content (AvgIpc) is 3.19. The van der Waals surface area contributed by atoms with Crippen LogP contribution in [0.25, 0.3) is 49.0 Å². The van der Waals surface area contributed by atoms with Gasteiger partial charge in [-0.2, -0.15) is 0 Å². The molecule has 4 aliphatic carbocycles. The molecule has 0 aliphatic heterocycles. The third kappa shape index (κ3) is 2.28. The fourth-order valence-corrected chi connectivity index (χ4v) is 9.70. The Bertz CT molecular complexity index is 1870. The van der Waals surface area contributed by atoms with Crippen molar-refractivity contribution in [2.45, 2.75) is 57.8 Å². The molecular weight excluding hydrogens is 436 g/mol. The number of hydrogen-bond acceptors (Lipinski definition) is 0. The average molecular weight is 470 g/mol. The molecule has 0 atom stereocenters. The topological polar surface area (TPSA) is 8.29 Å². The summed E-state index contributed by atoms with van der Waals surface area (Å²) in [5.41, 5.74) is 10.3. The van der Waals surface area contributed by atoms with Gasteiger partial charge in [0.15, 0.2) is 6.20 Å². The predicted octanol–water partition coefficient (Wildman–Crippen LogP) is 7.90. The van der Waals surface area contributed by atoms with Gasteiger partial charge < -0.3 is 4.40 Å².